The first-order chi connectivity index (χ1) is 13.0. The van der Waals surface area contributed by atoms with Gasteiger partial charge in [-0.15, -0.1) is 0 Å². The summed E-state index contributed by atoms with van der Waals surface area (Å²) in [5.74, 6) is -0.583. The summed E-state index contributed by atoms with van der Waals surface area (Å²) in [7, 11) is 0. The van der Waals surface area contributed by atoms with Crippen molar-refractivity contribution in [2.75, 3.05) is 5.32 Å². The second-order valence-electron chi connectivity index (χ2n) is 6.04. The van der Waals surface area contributed by atoms with Gasteiger partial charge in [0.2, 0.25) is 11.8 Å². The van der Waals surface area contributed by atoms with E-state index in [0.717, 1.165) is 22.0 Å². The highest BCUT2D eigenvalue weighted by molar-refractivity contribution is 6.31. The molecule has 0 saturated heterocycles. The van der Waals surface area contributed by atoms with Crippen LogP contribution >= 0.6 is 11.6 Å². The number of halogens is 1. The quantitative estimate of drug-likeness (QED) is 0.444. The van der Waals surface area contributed by atoms with Crippen molar-refractivity contribution in [3.8, 4) is 0 Å². The van der Waals surface area contributed by atoms with Crippen LogP contribution in [0.3, 0.4) is 0 Å². The first-order valence-corrected chi connectivity index (χ1v) is 8.85. The van der Waals surface area contributed by atoms with Crippen LogP contribution < -0.4 is 10.7 Å². The zero-order valence-corrected chi connectivity index (χ0v) is 15.5. The number of carbonyl (C=O) groups excluding carboxylic acids is 2. The van der Waals surface area contributed by atoms with Gasteiger partial charge in [0, 0.05) is 46.2 Å². The fourth-order valence-electron chi connectivity index (χ4n) is 2.61. The lowest BCUT2D eigenvalue weighted by Crippen LogP contribution is -2.20. The molecule has 0 spiro atoms. The van der Waals surface area contributed by atoms with Crippen LogP contribution in [0.25, 0.3) is 10.9 Å². The average Bonchev–Trinajstić information content (AvgIpc) is 3.07. The first-order valence-electron chi connectivity index (χ1n) is 8.47. The van der Waals surface area contributed by atoms with Crippen LogP contribution in [-0.2, 0) is 9.59 Å². The molecule has 0 saturated carbocycles. The van der Waals surface area contributed by atoms with Crippen molar-refractivity contribution in [2.45, 2.75) is 19.8 Å². The minimum Gasteiger partial charge on any atom is -0.361 e. The number of aromatic amines is 1. The van der Waals surface area contributed by atoms with Crippen molar-refractivity contribution < 1.29 is 9.59 Å². The Morgan fingerprint density at radius 3 is 2.74 bits per heavy atom. The first kappa shape index (κ1) is 18.7. The third-order valence-corrected chi connectivity index (χ3v) is 4.54. The molecule has 6 nitrogen and oxygen atoms in total. The average molecular weight is 383 g/mol. The molecule has 0 aliphatic rings. The molecule has 0 aliphatic carbocycles. The van der Waals surface area contributed by atoms with Crippen molar-refractivity contribution in [1.29, 1.82) is 0 Å². The predicted molar refractivity (Wildman–Crippen MR) is 108 cm³/mol. The number of aromatic nitrogens is 1. The Kier molecular flexibility index (Phi) is 5.88. The molecule has 7 heteroatoms. The van der Waals surface area contributed by atoms with Gasteiger partial charge in [0.25, 0.3) is 0 Å². The normalized spacial score (nSPS) is 11.0. The van der Waals surface area contributed by atoms with E-state index in [2.05, 4.69) is 20.8 Å². The summed E-state index contributed by atoms with van der Waals surface area (Å²) in [6, 6.07) is 13.1. The minimum absolute atomic E-state index is 0.0384. The Labute approximate surface area is 161 Å². The van der Waals surface area contributed by atoms with E-state index < -0.39 is 0 Å². The van der Waals surface area contributed by atoms with Gasteiger partial charge in [0.1, 0.15) is 0 Å². The standard InChI is InChI=1S/C20H19ClN4O2/c1-13-16(21)6-4-8-17(13)24-19(26)9-10-20(27)25-23-12-14-11-22-18-7-3-2-5-15(14)18/h2-8,11-12,22H,9-10H2,1H3,(H,24,26)(H,25,27)/b23-12+. The lowest BCUT2D eigenvalue weighted by molar-refractivity contribution is -0.124. The summed E-state index contributed by atoms with van der Waals surface area (Å²) in [5.41, 5.74) is 5.75. The largest absolute Gasteiger partial charge is 0.361 e. The Morgan fingerprint density at radius 2 is 1.89 bits per heavy atom. The maximum Gasteiger partial charge on any atom is 0.240 e. The Bertz CT molecular complexity index is 1010. The van der Waals surface area contributed by atoms with Gasteiger partial charge in [-0.1, -0.05) is 35.9 Å². The lowest BCUT2D eigenvalue weighted by atomic mass is 10.2. The van der Waals surface area contributed by atoms with Crippen LogP contribution in [0.15, 0.2) is 53.8 Å². The van der Waals surface area contributed by atoms with E-state index in [1.54, 1.807) is 24.4 Å². The van der Waals surface area contributed by atoms with E-state index in [1.807, 2.05) is 37.4 Å². The lowest BCUT2D eigenvalue weighted by Gasteiger charge is -2.09. The van der Waals surface area contributed by atoms with E-state index >= 15 is 0 Å². The molecule has 0 radical (unpaired) electrons. The number of amides is 2. The zero-order valence-electron chi connectivity index (χ0n) is 14.8. The Balaban J connectivity index is 1.48. The van der Waals surface area contributed by atoms with Crippen LogP contribution in [0.1, 0.15) is 24.0 Å². The number of anilines is 1. The number of benzene rings is 2. The summed E-state index contributed by atoms with van der Waals surface area (Å²) in [6.45, 7) is 1.82. The van der Waals surface area contributed by atoms with Crippen molar-refractivity contribution in [2.24, 2.45) is 5.10 Å². The Morgan fingerprint density at radius 1 is 1.11 bits per heavy atom. The van der Waals surface area contributed by atoms with Gasteiger partial charge in [-0.3, -0.25) is 9.59 Å². The number of rotatable bonds is 6. The van der Waals surface area contributed by atoms with E-state index in [-0.39, 0.29) is 24.7 Å². The highest BCUT2D eigenvalue weighted by Crippen LogP contribution is 2.23. The third-order valence-electron chi connectivity index (χ3n) is 4.14. The van der Waals surface area contributed by atoms with Crippen molar-refractivity contribution in [3.05, 3.63) is 64.8 Å². The van der Waals surface area contributed by atoms with E-state index in [4.69, 9.17) is 11.6 Å². The molecule has 2 amide bonds. The highest BCUT2D eigenvalue weighted by atomic mass is 35.5. The number of H-pyrrole nitrogens is 1. The summed E-state index contributed by atoms with van der Waals surface area (Å²) in [6.07, 6.45) is 3.49. The van der Waals surface area contributed by atoms with Crippen LogP contribution in [0.2, 0.25) is 5.02 Å². The molecular formula is C20H19ClN4O2. The monoisotopic (exact) mass is 382 g/mol. The topological polar surface area (TPSA) is 86.3 Å². The molecule has 0 atom stereocenters. The van der Waals surface area contributed by atoms with E-state index in [1.165, 1.54) is 0 Å². The summed E-state index contributed by atoms with van der Waals surface area (Å²) < 4.78 is 0. The molecular weight excluding hydrogens is 364 g/mol. The SMILES string of the molecule is Cc1c(Cl)cccc1NC(=O)CCC(=O)N/N=C/c1c[nH]c2ccccc12. The molecule has 27 heavy (non-hydrogen) atoms. The molecule has 138 valence electrons. The molecule has 0 unspecified atom stereocenters. The zero-order chi connectivity index (χ0) is 19.2. The highest BCUT2D eigenvalue weighted by Gasteiger charge is 2.09. The van der Waals surface area contributed by atoms with Gasteiger partial charge in [-0.25, -0.2) is 5.43 Å². The van der Waals surface area contributed by atoms with Crippen LogP contribution in [0, 0.1) is 6.92 Å². The molecule has 0 fully saturated rings. The van der Waals surface area contributed by atoms with Gasteiger partial charge in [-0.2, -0.15) is 5.10 Å². The molecule has 3 N–H and O–H groups in total. The van der Waals surface area contributed by atoms with Crippen molar-refractivity contribution in [3.63, 3.8) is 0 Å². The van der Waals surface area contributed by atoms with Crippen LogP contribution in [0.5, 0.6) is 0 Å². The number of hydrogen-bond donors (Lipinski definition) is 3. The van der Waals surface area contributed by atoms with Crippen LogP contribution in [0.4, 0.5) is 5.69 Å². The van der Waals surface area contributed by atoms with Gasteiger partial charge in [0.05, 0.1) is 6.21 Å². The summed E-state index contributed by atoms with van der Waals surface area (Å²) in [4.78, 5) is 27.0. The fraction of sp³-hybridized carbons (Fsp3) is 0.150. The summed E-state index contributed by atoms with van der Waals surface area (Å²) in [5, 5.41) is 8.32. The maximum atomic E-state index is 12.0. The number of carbonyl (C=O) groups is 2. The molecule has 3 aromatic rings. The number of nitrogens with zero attached hydrogens (tertiary/aromatic N) is 1. The number of fused-ring (bicyclic) bond motifs is 1. The molecule has 0 bridgehead atoms. The van der Waals surface area contributed by atoms with Gasteiger partial charge in [-0.05, 0) is 30.7 Å². The number of hydrogen-bond acceptors (Lipinski definition) is 3. The molecule has 2 aromatic carbocycles. The van der Waals surface area contributed by atoms with E-state index in [9.17, 15) is 9.59 Å². The molecule has 0 aliphatic heterocycles. The van der Waals surface area contributed by atoms with Gasteiger partial charge >= 0.3 is 0 Å². The Hall–Kier alpha value is -3.12. The summed E-state index contributed by atoms with van der Waals surface area (Å²) >= 11 is 6.03. The number of para-hydroxylation sites is 1. The predicted octanol–water partition coefficient (Wildman–Crippen LogP) is 4.00. The molecule has 1 heterocycles. The van der Waals surface area contributed by atoms with Crippen molar-refractivity contribution in [1.82, 2.24) is 10.4 Å². The van der Waals surface area contributed by atoms with Gasteiger partial charge < -0.3 is 10.3 Å². The van der Waals surface area contributed by atoms with Crippen molar-refractivity contribution >= 4 is 46.2 Å². The second-order valence-corrected chi connectivity index (χ2v) is 6.45. The van der Waals surface area contributed by atoms with E-state index in [0.29, 0.717) is 10.7 Å². The number of nitrogens with one attached hydrogen (secondary N) is 3. The van der Waals surface area contributed by atoms with Gasteiger partial charge in [0.15, 0.2) is 0 Å². The maximum absolute atomic E-state index is 12.0. The number of hydrazone groups is 1. The minimum atomic E-state index is -0.330. The third kappa shape index (κ3) is 4.74. The smallest absolute Gasteiger partial charge is 0.240 e. The molecule has 3 rings (SSSR count). The van der Waals surface area contributed by atoms with Crippen LogP contribution in [-0.4, -0.2) is 23.0 Å². The fourth-order valence-corrected chi connectivity index (χ4v) is 2.79. The molecule has 1 aromatic heterocycles. The second kappa shape index (κ2) is 8.51.